The number of hydrogen-bond donors (Lipinski definition) is 1. The predicted molar refractivity (Wildman–Crippen MR) is 83.3 cm³/mol. The van der Waals surface area contributed by atoms with Crippen LogP contribution >= 0.6 is 22.9 Å². The van der Waals surface area contributed by atoms with Gasteiger partial charge in [0.1, 0.15) is 4.88 Å². The molecule has 3 aromatic rings. The number of rotatable bonds is 2. The van der Waals surface area contributed by atoms with E-state index in [1.165, 1.54) is 11.3 Å². The number of halogens is 1. The molecular weight excluding hydrogens is 308 g/mol. The molecule has 1 N–H and O–H groups in total. The van der Waals surface area contributed by atoms with Crippen LogP contribution in [0.3, 0.4) is 0 Å². The van der Waals surface area contributed by atoms with Gasteiger partial charge in [0.05, 0.1) is 10.7 Å². The summed E-state index contributed by atoms with van der Waals surface area (Å²) in [5.41, 5.74) is 1.97. The molecule has 1 aromatic carbocycles. The molecule has 0 unspecified atom stereocenters. The van der Waals surface area contributed by atoms with Crippen LogP contribution in [0.25, 0.3) is 10.1 Å². The third-order valence-electron chi connectivity index (χ3n) is 3.68. The summed E-state index contributed by atoms with van der Waals surface area (Å²) in [7, 11) is 0. The normalized spacial score (nSPS) is 13.6. The third-order valence-corrected chi connectivity index (χ3v) is 5.35. The van der Waals surface area contributed by atoms with E-state index < -0.39 is 0 Å². The number of benzene rings is 1. The summed E-state index contributed by atoms with van der Waals surface area (Å²) in [5.74, 6) is 0.216. The fraction of sp³-hybridized carbons (Fsp3) is 0.200. The van der Waals surface area contributed by atoms with E-state index in [9.17, 15) is 4.79 Å². The zero-order valence-electron chi connectivity index (χ0n) is 11.0. The SMILES string of the molecule is O=C(Nc1onc2c1CCC2)c1sc2ccccc2c1Cl. The zero-order valence-corrected chi connectivity index (χ0v) is 12.6. The van der Waals surface area contributed by atoms with Crippen molar-refractivity contribution in [2.45, 2.75) is 19.3 Å². The van der Waals surface area contributed by atoms with Crippen LogP contribution in [0.4, 0.5) is 5.88 Å². The van der Waals surface area contributed by atoms with Crippen LogP contribution in [0.5, 0.6) is 0 Å². The molecule has 1 aliphatic rings. The van der Waals surface area contributed by atoms with Gasteiger partial charge >= 0.3 is 0 Å². The van der Waals surface area contributed by atoms with Gasteiger partial charge in [-0.2, -0.15) is 0 Å². The second kappa shape index (κ2) is 4.86. The predicted octanol–water partition coefficient (Wildman–Crippen LogP) is 4.28. The molecule has 0 atom stereocenters. The second-order valence-electron chi connectivity index (χ2n) is 4.99. The molecule has 21 heavy (non-hydrogen) atoms. The van der Waals surface area contributed by atoms with E-state index in [1.807, 2.05) is 24.3 Å². The van der Waals surface area contributed by atoms with Crippen molar-refractivity contribution in [3.63, 3.8) is 0 Å². The molecule has 4 rings (SSSR count). The molecule has 0 saturated heterocycles. The number of thiophene rings is 1. The Morgan fingerprint density at radius 2 is 2.19 bits per heavy atom. The van der Waals surface area contributed by atoms with Gasteiger partial charge in [-0.3, -0.25) is 10.1 Å². The molecule has 0 radical (unpaired) electrons. The van der Waals surface area contributed by atoms with Gasteiger partial charge in [0.2, 0.25) is 5.88 Å². The van der Waals surface area contributed by atoms with Crippen molar-refractivity contribution in [3.8, 4) is 0 Å². The van der Waals surface area contributed by atoms with Gasteiger partial charge < -0.3 is 4.52 Å². The Bertz CT molecular complexity index is 853. The first-order valence-electron chi connectivity index (χ1n) is 6.70. The lowest BCUT2D eigenvalue weighted by Gasteiger charge is -2.01. The molecule has 2 aromatic heterocycles. The number of amides is 1. The minimum Gasteiger partial charge on any atom is -0.338 e. The van der Waals surface area contributed by atoms with Crippen molar-refractivity contribution in [2.75, 3.05) is 5.32 Å². The Labute approximate surface area is 129 Å². The maximum absolute atomic E-state index is 12.4. The quantitative estimate of drug-likeness (QED) is 0.767. The minimum absolute atomic E-state index is 0.243. The van der Waals surface area contributed by atoms with Crippen LogP contribution in [0, 0.1) is 0 Å². The summed E-state index contributed by atoms with van der Waals surface area (Å²) in [4.78, 5) is 12.9. The fourth-order valence-corrected chi connectivity index (χ4v) is 4.06. The fourth-order valence-electron chi connectivity index (χ4n) is 2.65. The van der Waals surface area contributed by atoms with Gasteiger partial charge in [-0.1, -0.05) is 35.0 Å². The third kappa shape index (κ3) is 2.04. The highest BCUT2D eigenvalue weighted by Crippen LogP contribution is 2.36. The molecule has 0 bridgehead atoms. The van der Waals surface area contributed by atoms with Crippen LogP contribution in [-0.2, 0) is 12.8 Å². The maximum Gasteiger partial charge on any atom is 0.269 e. The lowest BCUT2D eigenvalue weighted by Crippen LogP contribution is -2.11. The van der Waals surface area contributed by atoms with Crippen molar-refractivity contribution < 1.29 is 9.32 Å². The van der Waals surface area contributed by atoms with Crippen molar-refractivity contribution in [1.82, 2.24) is 5.16 Å². The van der Waals surface area contributed by atoms with E-state index in [4.69, 9.17) is 16.1 Å². The average Bonchev–Trinajstić information content (AvgIpc) is 3.16. The number of aryl methyl sites for hydroxylation is 1. The van der Waals surface area contributed by atoms with Gasteiger partial charge in [0.15, 0.2) is 0 Å². The molecule has 106 valence electrons. The van der Waals surface area contributed by atoms with E-state index in [0.29, 0.717) is 15.8 Å². The molecule has 0 saturated carbocycles. The second-order valence-corrected chi connectivity index (χ2v) is 6.42. The van der Waals surface area contributed by atoms with Gasteiger partial charge in [-0.25, -0.2) is 0 Å². The van der Waals surface area contributed by atoms with Crippen molar-refractivity contribution in [1.29, 1.82) is 0 Å². The van der Waals surface area contributed by atoms with Crippen LogP contribution in [-0.4, -0.2) is 11.1 Å². The Hall–Kier alpha value is -1.85. The van der Waals surface area contributed by atoms with E-state index in [1.54, 1.807) is 0 Å². The Morgan fingerprint density at radius 3 is 3.05 bits per heavy atom. The minimum atomic E-state index is -0.243. The molecule has 6 heteroatoms. The van der Waals surface area contributed by atoms with Gasteiger partial charge in [-0.05, 0) is 25.3 Å². The molecule has 1 aliphatic carbocycles. The molecule has 0 fully saturated rings. The summed E-state index contributed by atoms with van der Waals surface area (Å²) >= 11 is 7.69. The van der Waals surface area contributed by atoms with Crippen LogP contribution in [0.1, 0.15) is 27.3 Å². The largest absolute Gasteiger partial charge is 0.338 e. The average molecular weight is 319 g/mol. The van der Waals surface area contributed by atoms with E-state index in [2.05, 4.69) is 10.5 Å². The number of anilines is 1. The van der Waals surface area contributed by atoms with E-state index >= 15 is 0 Å². The summed E-state index contributed by atoms with van der Waals surface area (Å²) < 4.78 is 6.22. The molecule has 4 nitrogen and oxygen atoms in total. The molecule has 1 amide bonds. The zero-order chi connectivity index (χ0) is 14.4. The number of nitrogens with one attached hydrogen (secondary N) is 1. The van der Waals surface area contributed by atoms with Crippen LogP contribution < -0.4 is 5.32 Å². The van der Waals surface area contributed by atoms with E-state index in [0.717, 1.165) is 40.6 Å². The van der Waals surface area contributed by atoms with Crippen molar-refractivity contribution >= 4 is 44.8 Å². The highest BCUT2D eigenvalue weighted by atomic mass is 35.5. The Balaban J connectivity index is 1.68. The number of carbonyl (C=O) groups excluding carboxylic acids is 1. The molecule has 0 spiro atoms. The number of nitrogens with zero attached hydrogens (tertiary/aromatic N) is 1. The van der Waals surface area contributed by atoms with E-state index in [-0.39, 0.29) is 5.91 Å². The molecule has 0 aliphatic heterocycles. The molecule has 2 heterocycles. The summed E-state index contributed by atoms with van der Waals surface area (Å²) in [6.07, 6.45) is 2.87. The number of fused-ring (bicyclic) bond motifs is 2. The standard InChI is InChI=1S/C15H11ClN2O2S/c16-12-9-4-1-2-7-11(9)21-13(12)14(19)17-15-8-5-3-6-10(8)18-20-15/h1-2,4,7H,3,5-6H2,(H,17,19). The summed E-state index contributed by atoms with van der Waals surface area (Å²) in [5, 5.41) is 8.18. The lowest BCUT2D eigenvalue weighted by molar-refractivity contribution is 0.102. The number of aromatic nitrogens is 1. The van der Waals surface area contributed by atoms with Gasteiger partial charge in [-0.15, -0.1) is 11.3 Å². The first kappa shape index (κ1) is 12.9. The van der Waals surface area contributed by atoms with Gasteiger partial charge in [0.25, 0.3) is 5.91 Å². The number of hydrogen-bond acceptors (Lipinski definition) is 4. The highest BCUT2D eigenvalue weighted by Gasteiger charge is 2.24. The monoisotopic (exact) mass is 318 g/mol. The topological polar surface area (TPSA) is 55.1 Å². The van der Waals surface area contributed by atoms with Gasteiger partial charge in [0, 0.05) is 15.6 Å². The van der Waals surface area contributed by atoms with Crippen molar-refractivity contribution in [3.05, 3.63) is 45.4 Å². The first-order valence-corrected chi connectivity index (χ1v) is 7.89. The maximum atomic E-state index is 12.4. The Kier molecular flexibility index (Phi) is 2.97. The smallest absolute Gasteiger partial charge is 0.269 e. The summed E-state index contributed by atoms with van der Waals surface area (Å²) in [6, 6.07) is 7.71. The lowest BCUT2D eigenvalue weighted by atomic mass is 10.2. The first-order chi connectivity index (χ1) is 10.2. The highest BCUT2D eigenvalue weighted by molar-refractivity contribution is 7.21. The van der Waals surface area contributed by atoms with Crippen LogP contribution in [0.15, 0.2) is 28.8 Å². The van der Waals surface area contributed by atoms with Crippen molar-refractivity contribution in [2.24, 2.45) is 0 Å². The molecular formula is C15H11ClN2O2S. The summed E-state index contributed by atoms with van der Waals surface area (Å²) in [6.45, 7) is 0. The van der Waals surface area contributed by atoms with Crippen LogP contribution in [0.2, 0.25) is 5.02 Å². The Morgan fingerprint density at radius 1 is 1.33 bits per heavy atom. The number of carbonyl (C=O) groups is 1.